The van der Waals surface area contributed by atoms with E-state index in [0.29, 0.717) is 26.4 Å². The van der Waals surface area contributed by atoms with Crippen LogP contribution in [0, 0.1) is 0 Å². The van der Waals surface area contributed by atoms with Gasteiger partial charge in [-0.15, -0.1) is 6.58 Å². The fourth-order valence-electron chi connectivity index (χ4n) is 0.785. The van der Waals surface area contributed by atoms with Crippen molar-refractivity contribution in [1.82, 2.24) is 0 Å². The van der Waals surface area contributed by atoms with E-state index in [9.17, 15) is 4.57 Å². The highest BCUT2D eigenvalue weighted by Gasteiger charge is 2.31. The highest BCUT2D eigenvalue weighted by atomic mass is 31.2. The van der Waals surface area contributed by atoms with Crippen molar-refractivity contribution in [3.8, 4) is 0 Å². The SMILES string of the molecule is C=CCOCCOP1(=O)OCCO1. The molecule has 6 heteroatoms. The van der Waals surface area contributed by atoms with Gasteiger partial charge in [-0.1, -0.05) is 6.08 Å². The predicted octanol–water partition coefficient (Wildman–Crippen LogP) is 1.36. The molecule has 1 fully saturated rings. The number of phosphoric acid groups is 1. The first-order valence-corrected chi connectivity index (χ1v) is 5.45. The maximum Gasteiger partial charge on any atom is 0.475 e. The summed E-state index contributed by atoms with van der Waals surface area (Å²) in [6.07, 6.45) is 1.63. The van der Waals surface area contributed by atoms with Crippen molar-refractivity contribution in [2.45, 2.75) is 0 Å². The Hall–Kier alpha value is -0.190. The first-order chi connectivity index (χ1) is 6.27. The number of phosphoric ester groups is 1. The largest absolute Gasteiger partial charge is 0.475 e. The van der Waals surface area contributed by atoms with E-state index >= 15 is 0 Å². The lowest BCUT2D eigenvalue weighted by molar-refractivity contribution is 0.101. The van der Waals surface area contributed by atoms with Crippen molar-refractivity contribution in [1.29, 1.82) is 0 Å². The molecular formula is C7H13O5P. The van der Waals surface area contributed by atoms with Gasteiger partial charge in [-0.2, -0.15) is 0 Å². The number of hydrogen-bond acceptors (Lipinski definition) is 5. The number of hydrogen-bond donors (Lipinski definition) is 0. The maximum absolute atomic E-state index is 11.3. The van der Waals surface area contributed by atoms with E-state index in [-0.39, 0.29) is 6.61 Å². The third-order valence-electron chi connectivity index (χ3n) is 1.29. The van der Waals surface area contributed by atoms with E-state index in [1.165, 1.54) is 0 Å². The molecule has 1 saturated heterocycles. The van der Waals surface area contributed by atoms with Crippen LogP contribution in [0.3, 0.4) is 0 Å². The van der Waals surface area contributed by atoms with Crippen LogP contribution in [0.25, 0.3) is 0 Å². The lowest BCUT2D eigenvalue weighted by Crippen LogP contribution is -2.03. The molecular weight excluding hydrogens is 195 g/mol. The van der Waals surface area contributed by atoms with Crippen LogP contribution in [0.4, 0.5) is 0 Å². The molecule has 1 heterocycles. The van der Waals surface area contributed by atoms with Crippen molar-refractivity contribution in [2.24, 2.45) is 0 Å². The normalized spacial score (nSPS) is 20.3. The summed E-state index contributed by atoms with van der Waals surface area (Å²) in [4.78, 5) is 0. The molecule has 0 aromatic carbocycles. The molecule has 0 bridgehead atoms. The molecule has 0 N–H and O–H groups in total. The molecule has 0 spiro atoms. The summed E-state index contributed by atoms with van der Waals surface area (Å²) < 4.78 is 30.8. The molecule has 13 heavy (non-hydrogen) atoms. The summed E-state index contributed by atoms with van der Waals surface area (Å²) in [5.41, 5.74) is 0. The zero-order valence-electron chi connectivity index (χ0n) is 7.31. The van der Waals surface area contributed by atoms with E-state index in [0.717, 1.165) is 0 Å². The molecule has 1 aliphatic heterocycles. The lowest BCUT2D eigenvalue weighted by Gasteiger charge is -2.08. The summed E-state index contributed by atoms with van der Waals surface area (Å²) in [6.45, 7) is 5.13. The van der Waals surface area contributed by atoms with Crippen molar-refractivity contribution in [2.75, 3.05) is 33.0 Å². The highest BCUT2D eigenvalue weighted by Crippen LogP contribution is 2.52. The van der Waals surface area contributed by atoms with Gasteiger partial charge in [-0.25, -0.2) is 4.57 Å². The molecule has 5 nitrogen and oxygen atoms in total. The third kappa shape index (κ3) is 4.02. The van der Waals surface area contributed by atoms with Crippen molar-refractivity contribution >= 4 is 7.82 Å². The Labute approximate surface area is 77.2 Å². The Morgan fingerprint density at radius 1 is 1.38 bits per heavy atom. The van der Waals surface area contributed by atoms with Gasteiger partial charge >= 0.3 is 7.82 Å². The van der Waals surface area contributed by atoms with Gasteiger partial charge in [0.1, 0.15) is 0 Å². The summed E-state index contributed by atoms with van der Waals surface area (Å²) in [5.74, 6) is 0. The number of ether oxygens (including phenoxy) is 1. The van der Waals surface area contributed by atoms with Gasteiger partial charge in [0.2, 0.25) is 0 Å². The second-order valence-electron chi connectivity index (χ2n) is 2.31. The van der Waals surface area contributed by atoms with Gasteiger partial charge < -0.3 is 4.74 Å². The van der Waals surface area contributed by atoms with Gasteiger partial charge in [-0.3, -0.25) is 13.6 Å². The molecule has 0 aromatic heterocycles. The van der Waals surface area contributed by atoms with Crippen LogP contribution in [0.1, 0.15) is 0 Å². The second kappa shape index (κ2) is 5.52. The quantitative estimate of drug-likeness (QED) is 0.374. The van der Waals surface area contributed by atoms with Crippen LogP contribution in [0.2, 0.25) is 0 Å². The molecule has 0 saturated carbocycles. The Balaban J connectivity index is 2.04. The zero-order valence-corrected chi connectivity index (χ0v) is 8.20. The molecule has 0 atom stereocenters. The third-order valence-corrected chi connectivity index (χ3v) is 2.79. The first kappa shape index (κ1) is 10.9. The van der Waals surface area contributed by atoms with Crippen LogP contribution >= 0.6 is 7.82 Å². The van der Waals surface area contributed by atoms with Crippen molar-refractivity contribution < 1.29 is 22.9 Å². The topological polar surface area (TPSA) is 54.0 Å². The molecule has 0 aromatic rings. The molecule has 76 valence electrons. The molecule has 0 unspecified atom stereocenters. The molecule has 0 aliphatic carbocycles. The standard InChI is InChI=1S/C7H13O5P/c1-2-3-9-4-5-10-13(8)11-6-7-12-13/h2H,1,3-7H2. The smallest absolute Gasteiger partial charge is 0.375 e. The van der Waals surface area contributed by atoms with Crippen LogP contribution in [0.15, 0.2) is 12.7 Å². The number of rotatable bonds is 6. The minimum Gasteiger partial charge on any atom is -0.375 e. The fourth-order valence-corrected chi connectivity index (χ4v) is 1.90. The molecule has 0 amide bonds. The zero-order chi connectivity index (χ0) is 9.57. The van der Waals surface area contributed by atoms with Crippen molar-refractivity contribution in [3.63, 3.8) is 0 Å². The molecule has 1 aliphatic rings. The second-order valence-corrected chi connectivity index (χ2v) is 3.98. The van der Waals surface area contributed by atoms with Crippen LogP contribution in [0.5, 0.6) is 0 Å². The maximum atomic E-state index is 11.3. The summed E-state index contributed by atoms with van der Waals surface area (Å²) in [6, 6.07) is 0. The Bertz CT molecular complexity index is 195. The summed E-state index contributed by atoms with van der Waals surface area (Å²) >= 11 is 0. The lowest BCUT2D eigenvalue weighted by atomic mass is 10.7. The Kier molecular flexibility index (Phi) is 4.62. The van der Waals surface area contributed by atoms with E-state index in [4.69, 9.17) is 18.3 Å². The summed E-state index contributed by atoms with van der Waals surface area (Å²) in [5, 5.41) is 0. The van der Waals surface area contributed by atoms with Crippen LogP contribution in [-0.2, 0) is 22.9 Å². The van der Waals surface area contributed by atoms with Gasteiger partial charge in [0.25, 0.3) is 0 Å². The van der Waals surface area contributed by atoms with E-state index < -0.39 is 7.82 Å². The van der Waals surface area contributed by atoms with Gasteiger partial charge in [-0.05, 0) is 0 Å². The highest BCUT2D eigenvalue weighted by molar-refractivity contribution is 7.48. The predicted molar refractivity (Wildman–Crippen MR) is 46.5 cm³/mol. The van der Waals surface area contributed by atoms with E-state index in [1.54, 1.807) is 6.08 Å². The van der Waals surface area contributed by atoms with Crippen LogP contribution in [-0.4, -0.2) is 33.0 Å². The van der Waals surface area contributed by atoms with Gasteiger partial charge in [0, 0.05) is 0 Å². The van der Waals surface area contributed by atoms with Crippen LogP contribution < -0.4 is 0 Å². The first-order valence-electron chi connectivity index (χ1n) is 3.99. The minimum atomic E-state index is -3.22. The van der Waals surface area contributed by atoms with Gasteiger partial charge in [0.05, 0.1) is 33.0 Å². The van der Waals surface area contributed by atoms with Gasteiger partial charge in [0.15, 0.2) is 0 Å². The minimum absolute atomic E-state index is 0.200. The van der Waals surface area contributed by atoms with Crippen molar-refractivity contribution in [3.05, 3.63) is 12.7 Å². The average Bonchev–Trinajstić information content (AvgIpc) is 2.53. The monoisotopic (exact) mass is 208 g/mol. The fraction of sp³-hybridized carbons (Fsp3) is 0.714. The van der Waals surface area contributed by atoms with E-state index in [2.05, 4.69) is 6.58 Å². The average molecular weight is 208 g/mol. The molecule has 0 radical (unpaired) electrons. The summed E-state index contributed by atoms with van der Waals surface area (Å²) in [7, 11) is -3.22. The molecule has 1 rings (SSSR count). The Morgan fingerprint density at radius 2 is 2.08 bits per heavy atom. The van der Waals surface area contributed by atoms with E-state index in [1.807, 2.05) is 0 Å². The Morgan fingerprint density at radius 3 is 2.69 bits per heavy atom.